The number of esters is 2. The maximum Gasteiger partial charge on any atom is 0.348 e. The Bertz CT molecular complexity index is 1740. The second kappa shape index (κ2) is 14.9. The molecule has 2 aromatic carbocycles. The summed E-state index contributed by atoms with van der Waals surface area (Å²) < 4.78 is 25.7. The fourth-order valence-electron chi connectivity index (χ4n) is 4.28. The van der Waals surface area contributed by atoms with Crippen LogP contribution in [0.4, 0.5) is 9.39 Å². The van der Waals surface area contributed by atoms with Crippen LogP contribution in [0.1, 0.15) is 68.1 Å². The molecule has 1 atom stereocenters. The fraction of sp³-hybridized carbons (Fsp3) is 0.290. The quantitative estimate of drug-likeness (QED) is 0.150. The molecule has 0 aliphatic heterocycles. The zero-order chi connectivity index (χ0) is 32.7. The highest BCUT2D eigenvalue weighted by Gasteiger charge is 2.29. The van der Waals surface area contributed by atoms with Crippen molar-refractivity contribution in [1.82, 2.24) is 20.1 Å². The third-order valence-electron chi connectivity index (χ3n) is 6.43. The van der Waals surface area contributed by atoms with Gasteiger partial charge in [-0.15, -0.1) is 21.5 Å². The van der Waals surface area contributed by atoms with Crippen LogP contribution < -0.4 is 10.6 Å². The van der Waals surface area contributed by atoms with Gasteiger partial charge in [0.1, 0.15) is 15.7 Å². The molecule has 2 amide bonds. The lowest BCUT2D eigenvalue weighted by Gasteiger charge is -2.15. The first kappa shape index (κ1) is 33.3. The average Bonchev–Trinajstić information content (AvgIpc) is 3.55. The lowest BCUT2D eigenvalue weighted by atomic mass is 10.1. The second-order valence-electron chi connectivity index (χ2n) is 9.72. The summed E-state index contributed by atoms with van der Waals surface area (Å²) in [5, 5.41) is 13.9. The van der Waals surface area contributed by atoms with Crippen molar-refractivity contribution in [3.05, 3.63) is 87.3 Å². The average molecular weight is 654 g/mol. The van der Waals surface area contributed by atoms with E-state index in [9.17, 15) is 23.6 Å². The zero-order valence-electron chi connectivity index (χ0n) is 25.3. The highest BCUT2D eigenvalue weighted by atomic mass is 32.2. The van der Waals surface area contributed by atoms with Crippen LogP contribution in [0.5, 0.6) is 0 Å². The summed E-state index contributed by atoms with van der Waals surface area (Å²) in [6, 6.07) is 12.9. The van der Waals surface area contributed by atoms with Crippen LogP contribution in [0.2, 0.25) is 0 Å². The first-order valence-electron chi connectivity index (χ1n) is 14.0. The minimum atomic E-state index is -0.740. The Morgan fingerprint density at radius 1 is 1.00 bits per heavy atom. The van der Waals surface area contributed by atoms with E-state index in [0.29, 0.717) is 22.2 Å². The predicted octanol–water partition coefficient (Wildman–Crippen LogP) is 5.49. The molecule has 2 aromatic heterocycles. The van der Waals surface area contributed by atoms with Gasteiger partial charge in [-0.2, -0.15) is 0 Å². The van der Waals surface area contributed by atoms with Gasteiger partial charge in [0.25, 0.3) is 5.91 Å². The van der Waals surface area contributed by atoms with Crippen molar-refractivity contribution in [2.45, 2.75) is 51.6 Å². The van der Waals surface area contributed by atoms with Crippen molar-refractivity contribution < 1.29 is 33.0 Å². The topological polar surface area (TPSA) is 142 Å². The Balaban J connectivity index is 1.59. The molecule has 0 spiro atoms. The number of halogens is 1. The molecule has 2 N–H and O–H groups in total. The maximum atomic E-state index is 13.6. The summed E-state index contributed by atoms with van der Waals surface area (Å²) in [5.41, 5.74) is 2.29. The van der Waals surface area contributed by atoms with E-state index in [1.807, 2.05) is 31.2 Å². The summed E-state index contributed by atoms with van der Waals surface area (Å²) in [5.74, 6) is -2.35. The van der Waals surface area contributed by atoms with Crippen molar-refractivity contribution >= 4 is 51.9 Å². The van der Waals surface area contributed by atoms with Gasteiger partial charge in [-0.1, -0.05) is 30.0 Å². The van der Waals surface area contributed by atoms with E-state index in [-0.39, 0.29) is 40.8 Å². The number of nitrogens with zero attached hydrogens (tertiary/aromatic N) is 3. The molecule has 4 rings (SSSR count). The standard InChI is InChI=1S/C31H32FN5O6S2/c1-6-42-29(40)24-18(4)25(30(41)43-7-2)45-28(24)34-26(38)19(5)44-31-36-35-23(37(31)22-13-8-10-17(3)14-22)16-33-27(39)20-11-9-12-21(32)15-20/h8-15,19H,6-7,16H2,1-5H3,(H,33,39)(H,34,38)/t19-/m0/s1. The number of benzene rings is 2. The Morgan fingerprint density at radius 3 is 2.40 bits per heavy atom. The monoisotopic (exact) mass is 653 g/mol. The number of thioether (sulfide) groups is 1. The third-order valence-corrected chi connectivity index (χ3v) is 8.66. The van der Waals surface area contributed by atoms with Crippen LogP contribution in [0.3, 0.4) is 0 Å². The zero-order valence-corrected chi connectivity index (χ0v) is 26.9. The summed E-state index contributed by atoms with van der Waals surface area (Å²) in [6.07, 6.45) is 0. The molecule has 0 unspecified atom stereocenters. The number of ether oxygens (including phenoxy) is 2. The van der Waals surface area contributed by atoms with E-state index in [1.54, 1.807) is 32.3 Å². The minimum Gasteiger partial charge on any atom is -0.462 e. The van der Waals surface area contributed by atoms with Gasteiger partial charge in [-0.25, -0.2) is 14.0 Å². The number of aromatic nitrogens is 3. The maximum absolute atomic E-state index is 13.6. The van der Waals surface area contributed by atoms with E-state index < -0.39 is 34.8 Å². The Labute approximate surface area is 267 Å². The number of aryl methyl sites for hydroxylation is 1. The Hall–Kier alpha value is -4.56. The number of hydrogen-bond acceptors (Lipinski definition) is 10. The summed E-state index contributed by atoms with van der Waals surface area (Å²) >= 11 is 2.05. The van der Waals surface area contributed by atoms with Crippen LogP contribution in [0.15, 0.2) is 53.7 Å². The minimum absolute atomic E-state index is 0.0224. The molecule has 45 heavy (non-hydrogen) atoms. The number of rotatable bonds is 12. The van der Waals surface area contributed by atoms with Gasteiger partial charge >= 0.3 is 11.9 Å². The molecule has 4 aromatic rings. The van der Waals surface area contributed by atoms with Crippen molar-refractivity contribution in [3.63, 3.8) is 0 Å². The van der Waals surface area contributed by atoms with Crippen LogP contribution in [-0.4, -0.2) is 57.0 Å². The van der Waals surface area contributed by atoms with Crippen molar-refractivity contribution in [3.8, 4) is 5.69 Å². The lowest BCUT2D eigenvalue weighted by molar-refractivity contribution is -0.115. The number of carbonyl (C=O) groups is 4. The molecular weight excluding hydrogens is 622 g/mol. The molecule has 14 heteroatoms. The number of nitrogens with one attached hydrogen (secondary N) is 2. The number of amides is 2. The molecule has 0 radical (unpaired) electrons. The van der Waals surface area contributed by atoms with Gasteiger partial charge in [-0.05, 0) is 76.1 Å². The molecule has 0 saturated heterocycles. The molecule has 11 nitrogen and oxygen atoms in total. The van der Waals surface area contributed by atoms with E-state index in [4.69, 9.17) is 9.47 Å². The summed E-state index contributed by atoms with van der Waals surface area (Å²) in [6.45, 7) is 8.77. The molecule has 0 aliphatic carbocycles. The molecule has 0 aliphatic rings. The number of anilines is 1. The first-order chi connectivity index (χ1) is 21.5. The van der Waals surface area contributed by atoms with Gasteiger partial charge in [0, 0.05) is 11.3 Å². The van der Waals surface area contributed by atoms with Crippen LogP contribution in [0, 0.1) is 19.7 Å². The van der Waals surface area contributed by atoms with E-state index in [1.165, 1.54) is 18.2 Å². The predicted molar refractivity (Wildman–Crippen MR) is 169 cm³/mol. The normalized spacial score (nSPS) is 11.5. The number of thiophene rings is 1. The highest BCUT2D eigenvalue weighted by Crippen LogP contribution is 2.35. The number of carbonyl (C=O) groups excluding carboxylic acids is 4. The number of hydrogen-bond donors (Lipinski definition) is 2. The van der Waals surface area contributed by atoms with Crippen molar-refractivity contribution in [2.24, 2.45) is 0 Å². The van der Waals surface area contributed by atoms with Crippen LogP contribution in [-0.2, 0) is 20.8 Å². The molecule has 0 saturated carbocycles. The van der Waals surface area contributed by atoms with Crippen molar-refractivity contribution in [1.29, 1.82) is 0 Å². The second-order valence-corrected chi connectivity index (χ2v) is 12.0. The Kier molecular flexibility index (Phi) is 11.1. The smallest absolute Gasteiger partial charge is 0.348 e. The van der Waals surface area contributed by atoms with E-state index >= 15 is 0 Å². The third kappa shape index (κ3) is 7.94. The SMILES string of the molecule is CCOC(=O)c1sc(NC(=O)[C@H](C)Sc2nnc(CNC(=O)c3cccc(F)c3)n2-c2cccc(C)c2)c(C(=O)OCC)c1C. The van der Waals surface area contributed by atoms with Gasteiger partial charge in [0.15, 0.2) is 11.0 Å². The van der Waals surface area contributed by atoms with Gasteiger partial charge < -0.3 is 20.1 Å². The van der Waals surface area contributed by atoms with Gasteiger partial charge in [0.05, 0.1) is 30.6 Å². The molecule has 236 valence electrons. The summed E-state index contributed by atoms with van der Waals surface area (Å²) in [4.78, 5) is 51.6. The van der Waals surface area contributed by atoms with E-state index in [0.717, 1.165) is 34.7 Å². The molecular formula is C31H32FN5O6S2. The molecule has 0 fully saturated rings. The largest absolute Gasteiger partial charge is 0.462 e. The fourth-order valence-corrected chi connectivity index (χ4v) is 6.25. The Morgan fingerprint density at radius 2 is 1.71 bits per heavy atom. The van der Waals surface area contributed by atoms with Gasteiger partial charge in [0.2, 0.25) is 5.91 Å². The van der Waals surface area contributed by atoms with Crippen LogP contribution >= 0.6 is 23.1 Å². The molecule has 0 bridgehead atoms. The molecule has 2 heterocycles. The first-order valence-corrected chi connectivity index (χ1v) is 15.7. The highest BCUT2D eigenvalue weighted by molar-refractivity contribution is 8.00. The van der Waals surface area contributed by atoms with Crippen molar-refractivity contribution in [2.75, 3.05) is 18.5 Å². The lowest BCUT2D eigenvalue weighted by Crippen LogP contribution is -2.25. The van der Waals surface area contributed by atoms with E-state index in [2.05, 4.69) is 20.8 Å². The van der Waals surface area contributed by atoms with Gasteiger partial charge in [-0.3, -0.25) is 14.2 Å². The summed E-state index contributed by atoms with van der Waals surface area (Å²) in [7, 11) is 0. The van der Waals surface area contributed by atoms with Crippen LogP contribution in [0.25, 0.3) is 5.69 Å².